The Morgan fingerprint density at radius 2 is 1.75 bits per heavy atom. The standard InChI is InChI=1S/C21H36N4O3/c1-14(2)16(5)25(21(27)22-15(3)4)12-17-11-18(23-20(26)13-28-8)9-10-19(17)24(6)7/h9-11,14-16H,12-13H2,1-8H3,(H,22,27)(H,23,26)/t16-/m0/s1. The van der Waals surface area contributed by atoms with Crippen molar-refractivity contribution in [3.63, 3.8) is 0 Å². The van der Waals surface area contributed by atoms with Gasteiger partial charge in [0.1, 0.15) is 6.61 Å². The third-order valence-electron chi connectivity index (χ3n) is 4.59. The molecule has 28 heavy (non-hydrogen) atoms. The van der Waals surface area contributed by atoms with E-state index in [9.17, 15) is 9.59 Å². The average Bonchev–Trinajstić information content (AvgIpc) is 2.58. The Bertz CT molecular complexity index is 659. The van der Waals surface area contributed by atoms with Gasteiger partial charge in [0.15, 0.2) is 0 Å². The molecule has 0 spiro atoms. The predicted octanol–water partition coefficient (Wildman–Crippen LogP) is 3.30. The second-order valence-corrected chi connectivity index (χ2v) is 7.94. The highest BCUT2D eigenvalue weighted by Gasteiger charge is 2.24. The van der Waals surface area contributed by atoms with Gasteiger partial charge in [0.05, 0.1) is 0 Å². The number of benzene rings is 1. The quantitative estimate of drug-likeness (QED) is 0.676. The number of rotatable bonds is 9. The molecular formula is C21H36N4O3. The van der Waals surface area contributed by atoms with Gasteiger partial charge in [-0.1, -0.05) is 13.8 Å². The highest BCUT2D eigenvalue weighted by molar-refractivity contribution is 5.92. The first-order valence-corrected chi connectivity index (χ1v) is 9.73. The van der Waals surface area contributed by atoms with E-state index in [0.29, 0.717) is 18.2 Å². The van der Waals surface area contributed by atoms with Gasteiger partial charge in [-0.3, -0.25) is 4.79 Å². The van der Waals surface area contributed by atoms with E-state index in [2.05, 4.69) is 31.4 Å². The van der Waals surface area contributed by atoms with Crippen LogP contribution in [0.4, 0.5) is 16.2 Å². The Morgan fingerprint density at radius 1 is 1.11 bits per heavy atom. The lowest BCUT2D eigenvalue weighted by Gasteiger charge is -2.34. The molecule has 1 aromatic carbocycles. The van der Waals surface area contributed by atoms with Crippen molar-refractivity contribution in [2.24, 2.45) is 5.92 Å². The molecular weight excluding hydrogens is 356 g/mol. The lowest BCUT2D eigenvalue weighted by molar-refractivity contribution is -0.119. The summed E-state index contributed by atoms with van der Waals surface area (Å²) in [5.41, 5.74) is 2.65. The van der Waals surface area contributed by atoms with E-state index in [0.717, 1.165) is 11.3 Å². The fraction of sp³-hybridized carbons (Fsp3) is 0.619. The molecule has 0 aliphatic rings. The zero-order valence-corrected chi connectivity index (χ0v) is 18.5. The SMILES string of the molecule is COCC(=O)Nc1ccc(N(C)C)c(CN(C(=O)NC(C)C)[C@@H](C)C(C)C)c1. The number of methoxy groups -OCH3 is 1. The van der Waals surface area contributed by atoms with Gasteiger partial charge in [-0.2, -0.15) is 0 Å². The van der Waals surface area contributed by atoms with Gasteiger partial charge in [0, 0.05) is 51.2 Å². The molecule has 0 unspecified atom stereocenters. The molecule has 0 bridgehead atoms. The van der Waals surface area contributed by atoms with Gasteiger partial charge in [0.25, 0.3) is 0 Å². The molecule has 0 saturated heterocycles. The molecule has 0 radical (unpaired) electrons. The molecule has 7 heteroatoms. The van der Waals surface area contributed by atoms with Crippen molar-refractivity contribution in [3.8, 4) is 0 Å². The second kappa shape index (κ2) is 10.9. The lowest BCUT2D eigenvalue weighted by Crippen LogP contribution is -2.48. The minimum absolute atomic E-state index is 0.00192. The molecule has 0 aliphatic heterocycles. The number of ether oxygens (including phenoxy) is 1. The molecule has 1 rings (SSSR count). The summed E-state index contributed by atoms with van der Waals surface area (Å²) >= 11 is 0. The summed E-state index contributed by atoms with van der Waals surface area (Å²) in [7, 11) is 5.41. The number of nitrogens with zero attached hydrogens (tertiary/aromatic N) is 2. The number of carbonyl (C=O) groups excluding carboxylic acids is 2. The Balaban J connectivity index is 3.23. The van der Waals surface area contributed by atoms with E-state index < -0.39 is 0 Å². The Labute approximate surface area is 169 Å². The summed E-state index contributed by atoms with van der Waals surface area (Å²) in [4.78, 5) is 28.6. The summed E-state index contributed by atoms with van der Waals surface area (Å²) in [6, 6.07) is 5.76. The van der Waals surface area contributed by atoms with Gasteiger partial charge >= 0.3 is 6.03 Å². The van der Waals surface area contributed by atoms with E-state index >= 15 is 0 Å². The lowest BCUT2D eigenvalue weighted by atomic mass is 10.0. The minimum Gasteiger partial charge on any atom is -0.377 e. The van der Waals surface area contributed by atoms with Crippen LogP contribution < -0.4 is 15.5 Å². The predicted molar refractivity (Wildman–Crippen MR) is 115 cm³/mol. The van der Waals surface area contributed by atoms with Crippen molar-refractivity contribution in [3.05, 3.63) is 23.8 Å². The first-order chi connectivity index (χ1) is 13.1. The summed E-state index contributed by atoms with van der Waals surface area (Å²) in [5, 5.41) is 5.83. The summed E-state index contributed by atoms with van der Waals surface area (Å²) in [5.74, 6) is 0.0984. The highest BCUT2D eigenvalue weighted by atomic mass is 16.5. The van der Waals surface area contributed by atoms with Gasteiger partial charge in [0.2, 0.25) is 5.91 Å². The van der Waals surface area contributed by atoms with E-state index in [1.807, 2.05) is 55.9 Å². The van der Waals surface area contributed by atoms with E-state index in [4.69, 9.17) is 4.74 Å². The van der Waals surface area contributed by atoms with Crippen molar-refractivity contribution < 1.29 is 14.3 Å². The maximum absolute atomic E-state index is 12.8. The van der Waals surface area contributed by atoms with Gasteiger partial charge in [-0.25, -0.2) is 4.79 Å². The Kier molecular flexibility index (Phi) is 9.25. The molecule has 0 saturated carbocycles. The van der Waals surface area contributed by atoms with Crippen LogP contribution in [0, 0.1) is 5.92 Å². The smallest absolute Gasteiger partial charge is 0.318 e. The van der Waals surface area contributed by atoms with Crippen LogP contribution in [-0.2, 0) is 16.1 Å². The average molecular weight is 393 g/mol. The second-order valence-electron chi connectivity index (χ2n) is 7.94. The van der Waals surface area contributed by atoms with Crippen LogP contribution in [0.5, 0.6) is 0 Å². The Morgan fingerprint density at radius 3 is 2.25 bits per heavy atom. The molecule has 0 aromatic heterocycles. The number of hydrogen-bond donors (Lipinski definition) is 2. The van der Waals surface area contributed by atoms with Crippen molar-refractivity contribution in [2.45, 2.75) is 53.2 Å². The van der Waals surface area contributed by atoms with E-state index in [-0.39, 0.29) is 30.6 Å². The van der Waals surface area contributed by atoms with E-state index in [1.165, 1.54) is 7.11 Å². The van der Waals surface area contributed by atoms with Gasteiger partial charge in [-0.15, -0.1) is 0 Å². The third kappa shape index (κ3) is 7.03. The monoisotopic (exact) mass is 392 g/mol. The number of nitrogens with one attached hydrogen (secondary N) is 2. The fourth-order valence-corrected chi connectivity index (χ4v) is 2.83. The molecule has 0 heterocycles. The molecule has 7 nitrogen and oxygen atoms in total. The van der Waals surface area contributed by atoms with Crippen LogP contribution in [0.15, 0.2) is 18.2 Å². The van der Waals surface area contributed by atoms with Crippen LogP contribution in [-0.4, -0.2) is 56.7 Å². The number of amides is 3. The van der Waals surface area contributed by atoms with Crippen LogP contribution in [0.1, 0.15) is 40.2 Å². The maximum atomic E-state index is 12.8. The maximum Gasteiger partial charge on any atom is 0.318 e. The van der Waals surface area contributed by atoms with Crippen LogP contribution in [0.2, 0.25) is 0 Å². The van der Waals surface area contributed by atoms with Crippen LogP contribution >= 0.6 is 0 Å². The first-order valence-electron chi connectivity index (χ1n) is 9.73. The molecule has 0 aliphatic carbocycles. The number of anilines is 2. The first kappa shape index (κ1) is 23.8. The topological polar surface area (TPSA) is 73.9 Å². The van der Waals surface area contributed by atoms with Gasteiger partial charge < -0.3 is 25.2 Å². The summed E-state index contributed by atoms with van der Waals surface area (Å²) in [6.45, 7) is 10.6. The third-order valence-corrected chi connectivity index (χ3v) is 4.59. The Hall–Kier alpha value is -2.28. The molecule has 158 valence electrons. The van der Waals surface area contributed by atoms with Crippen LogP contribution in [0.25, 0.3) is 0 Å². The fourth-order valence-electron chi connectivity index (χ4n) is 2.83. The molecule has 0 fully saturated rings. The highest BCUT2D eigenvalue weighted by Crippen LogP contribution is 2.26. The van der Waals surface area contributed by atoms with Crippen molar-refractivity contribution in [1.29, 1.82) is 0 Å². The minimum atomic E-state index is -0.212. The summed E-state index contributed by atoms with van der Waals surface area (Å²) < 4.78 is 4.88. The summed E-state index contributed by atoms with van der Waals surface area (Å²) in [6.07, 6.45) is 0. The normalized spacial score (nSPS) is 12.1. The molecule has 2 N–H and O–H groups in total. The van der Waals surface area contributed by atoms with E-state index in [1.54, 1.807) is 0 Å². The molecule has 1 atom stereocenters. The zero-order valence-electron chi connectivity index (χ0n) is 18.5. The zero-order chi connectivity index (χ0) is 21.4. The number of carbonyl (C=O) groups is 2. The number of urea groups is 1. The van der Waals surface area contributed by atoms with Crippen LogP contribution in [0.3, 0.4) is 0 Å². The van der Waals surface area contributed by atoms with Crippen molar-refractivity contribution in [1.82, 2.24) is 10.2 Å². The van der Waals surface area contributed by atoms with Crippen molar-refractivity contribution >= 4 is 23.3 Å². The van der Waals surface area contributed by atoms with Gasteiger partial charge in [-0.05, 0) is 50.5 Å². The number of hydrogen-bond acceptors (Lipinski definition) is 4. The molecule has 1 aromatic rings. The van der Waals surface area contributed by atoms with Crippen molar-refractivity contribution in [2.75, 3.05) is 38.0 Å². The largest absolute Gasteiger partial charge is 0.377 e. The molecule has 3 amide bonds.